The maximum absolute atomic E-state index is 12.1. The van der Waals surface area contributed by atoms with Gasteiger partial charge in [-0.3, -0.25) is 4.79 Å². The highest BCUT2D eigenvalue weighted by Crippen LogP contribution is 2.28. The highest BCUT2D eigenvalue weighted by molar-refractivity contribution is 5.97. The largest absolute Gasteiger partial charge is 0.493 e. The minimum absolute atomic E-state index is 0.212. The van der Waals surface area contributed by atoms with Crippen molar-refractivity contribution >= 4 is 11.9 Å². The first-order valence-electron chi connectivity index (χ1n) is 6.75. The molecule has 0 radical (unpaired) electrons. The molecule has 0 aliphatic carbocycles. The number of methoxy groups -OCH3 is 1. The van der Waals surface area contributed by atoms with E-state index in [1.807, 2.05) is 6.92 Å². The standard InChI is InChI=1S/C15H21NO5/c1-5-21-12-8-10(6-7-11(12)20-4)14(17)16-13(9(2)3)15(18)19/h6-9,13H,5H2,1-4H3,(H,16,17)(H,18,19). The van der Waals surface area contributed by atoms with Gasteiger partial charge in [-0.05, 0) is 31.0 Å². The van der Waals surface area contributed by atoms with Gasteiger partial charge in [0.1, 0.15) is 6.04 Å². The van der Waals surface area contributed by atoms with Gasteiger partial charge >= 0.3 is 5.97 Å². The minimum atomic E-state index is -1.06. The molecule has 6 nitrogen and oxygen atoms in total. The third kappa shape index (κ3) is 4.37. The summed E-state index contributed by atoms with van der Waals surface area (Å²) in [6.45, 7) is 5.73. The molecule has 1 rings (SSSR count). The number of benzene rings is 1. The molecule has 1 aromatic rings. The molecule has 6 heteroatoms. The highest BCUT2D eigenvalue weighted by atomic mass is 16.5. The Balaban J connectivity index is 2.96. The smallest absolute Gasteiger partial charge is 0.326 e. The highest BCUT2D eigenvalue weighted by Gasteiger charge is 2.24. The average Bonchev–Trinajstić information content (AvgIpc) is 2.44. The van der Waals surface area contributed by atoms with Crippen LogP contribution in [0.2, 0.25) is 0 Å². The molecule has 0 bridgehead atoms. The van der Waals surface area contributed by atoms with E-state index in [1.165, 1.54) is 13.2 Å². The molecule has 1 aromatic carbocycles. The zero-order valence-corrected chi connectivity index (χ0v) is 12.7. The van der Waals surface area contributed by atoms with Crippen LogP contribution in [0.3, 0.4) is 0 Å². The molecule has 0 aliphatic rings. The van der Waals surface area contributed by atoms with Gasteiger partial charge in [-0.25, -0.2) is 4.79 Å². The molecule has 0 fully saturated rings. The van der Waals surface area contributed by atoms with Crippen molar-refractivity contribution in [2.75, 3.05) is 13.7 Å². The van der Waals surface area contributed by atoms with Crippen LogP contribution >= 0.6 is 0 Å². The van der Waals surface area contributed by atoms with Gasteiger partial charge < -0.3 is 19.9 Å². The molecule has 0 heterocycles. The lowest BCUT2D eigenvalue weighted by Crippen LogP contribution is -2.44. The minimum Gasteiger partial charge on any atom is -0.493 e. The fraction of sp³-hybridized carbons (Fsp3) is 0.467. The van der Waals surface area contributed by atoms with Gasteiger partial charge in [-0.1, -0.05) is 13.8 Å². The number of carbonyl (C=O) groups excluding carboxylic acids is 1. The van der Waals surface area contributed by atoms with Gasteiger partial charge in [0.25, 0.3) is 5.91 Å². The fourth-order valence-corrected chi connectivity index (χ4v) is 1.82. The summed E-state index contributed by atoms with van der Waals surface area (Å²) in [5, 5.41) is 11.6. The van der Waals surface area contributed by atoms with E-state index in [9.17, 15) is 9.59 Å². The van der Waals surface area contributed by atoms with Gasteiger partial charge in [0.05, 0.1) is 13.7 Å². The van der Waals surface area contributed by atoms with Crippen molar-refractivity contribution in [2.45, 2.75) is 26.8 Å². The van der Waals surface area contributed by atoms with E-state index in [0.717, 1.165) is 0 Å². The Bertz CT molecular complexity index is 513. The molecule has 1 atom stereocenters. The summed E-state index contributed by atoms with van der Waals surface area (Å²) in [5.41, 5.74) is 0.325. The zero-order chi connectivity index (χ0) is 16.0. The lowest BCUT2D eigenvalue weighted by molar-refractivity contribution is -0.140. The topological polar surface area (TPSA) is 84.9 Å². The molecule has 1 amide bonds. The van der Waals surface area contributed by atoms with E-state index in [1.54, 1.807) is 26.0 Å². The number of rotatable bonds is 7. The molecular formula is C15H21NO5. The average molecular weight is 295 g/mol. The maximum Gasteiger partial charge on any atom is 0.326 e. The molecule has 1 unspecified atom stereocenters. The second kappa shape index (κ2) is 7.52. The van der Waals surface area contributed by atoms with Crippen LogP contribution in [0.15, 0.2) is 18.2 Å². The van der Waals surface area contributed by atoms with Gasteiger partial charge in [0.15, 0.2) is 11.5 Å². The quantitative estimate of drug-likeness (QED) is 0.803. The normalized spacial score (nSPS) is 11.9. The van der Waals surface area contributed by atoms with Gasteiger partial charge in [0, 0.05) is 5.56 Å². The molecule has 2 N–H and O–H groups in total. The molecule has 0 spiro atoms. The number of carboxylic acids is 1. The molecule has 0 saturated heterocycles. The van der Waals surface area contributed by atoms with Crippen LogP contribution < -0.4 is 14.8 Å². The van der Waals surface area contributed by atoms with Crippen LogP contribution in [0, 0.1) is 5.92 Å². The number of carboxylic acid groups (broad SMARTS) is 1. The Hall–Kier alpha value is -2.24. The number of carbonyl (C=O) groups is 2. The van der Waals surface area contributed by atoms with Crippen molar-refractivity contribution in [3.05, 3.63) is 23.8 Å². The van der Waals surface area contributed by atoms with Crippen molar-refractivity contribution in [1.29, 1.82) is 0 Å². The van der Waals surface area contributed by atoms with Crippen LogP contribution in [0.1, 0.15) is 31.1 Å². The van der Waals surface area contributed by atoms with Crippen LogP contribution in [0.25, 0.3) is 0 Å². The molecule has 21 heavy (non-hydrogen) atoms. The van der Waals surface area contributed by atoms with E-state index in [4.69, 9.17) is 14.6 Å². The number of ether oxygens (including phenoxy) is 2. The Labute approximate surface area is 124 Å². The van der Waals surface area contributed by atoms with E-state index in [-0.39, 0.29) is 5.92 Å². The van der Waals surface area contributed by atoms with Crippen molar-refractivity contribution in [2.24, 2.45) is 5.92 Å². The zero-order valence-electron chi connectivity index (χ0n) is 12.7. The lowest BCUT2D eigenvalue weighted by atomic mass is 10.0. The van der Waals surface area contributed by atoms with Gasteiger partial charge in [-0.2, -0.15) is 0 Å². The first-order chi connectivity index (χ1) is 9.90. The lowest BCUT2D eigenvalue weighted by Gasteiger charge is -2.18. The SMILES string of the molecule is CCOc1cc(C(=O)NC(C(=O)O)C(C)C)ccc1OC. The van der Waals surface area contributed by atoms with Gasteiger partial charge in [-0.15, -0.1) is 0 Å². The fourth-order valence-electron chi connectivity index (χ4n) is 1.82. The summed E-state index contributed by atoms with van der Waals surface area (Å²) in [5.74, 6) is -0.760. The summed E-state index contributed by atoms with van der Waals surface area (Å²) >= 11 is 0. The Kier molecular flexibility index (Phi) is 6.02. The van der Waals surface area contributed by atoms with E-state index in [2.05, 4.69) is 5.32 Å². The summed E-state index contributed by atoms with van der Waals surface area (Å²) < 4.78 is 10.5. The number of amides is 1. The van der Waals surface area contributed by atoms with E-state index >= 15 is 0 Å². The second-order valence-electron chi connectivity index (χ2n) is 4.83. The predicted molar refractivity (Wildman–Crippen MR) is 77.9 cm³/mol. The van der Waals surface area contributed by atoms with E-state index < -0.39 is 17.9 Å². The molecule has 116 valence electrons. The molecular weight excluding hydrogens is 274 g/mol. The summed E-state index contributed by atoms with van der Waals surface area (Å²) in [6, 6.07) is 3.79. The third-order valence-electron chi connectivity index (χ3n) is 2.94. The summed E-state index contributed by atoms with van der Waals surface area (Å²) in [4.78, 5) is 23.3. The van der Waals surface area contributed by atoms with Crippen molar-refractivity contribution in [3.8, 4) is 11.5 Å². The number of aliphatic carboxylic acids is 1. The van der Waals surface area contributed by atoms with E-state index in [0.29, 0.717) is 23.7 Å². The Morgan fingerprint density at radius 1 is 1.29 bits per heavy atom. The monoisotopic (exact) mass is 295 g/mol. The number of nitrogens with one attached hydrogen (secondary N) is 1. The first kappa shape index (κ1) is 16.8. The first-order valence-corrected chi connectivity index (χ1v) is 6.75. The number of hydrogen-bond donors (Lipinski definition) is 2. The molecule has 0 saturated carbocycles. The third-order valence-corrected chi connectivity index (χ3v) is 2.94. The predicted octanol–water partition coefficient (Wildman–Crippen LogP) is 1.93. The molecule has 0 aliphatic heterocycles. The molecule has 0 aromatic heterocycles. The summed E-state index contributed by atoms with van der Waals surface area (Å²) in [6.07, 6.45) is 0. The Morgan fingerprint density at radius 3 is 2.43 bits per heavy atom. The Morgan fingerprint density at radius 2 is 1.95 bits per heavy atom. The van der Waals surface area contributed by atoms with Crippen LogP contribution in [-0.2, 0) is 4.79 Å². The van der Waals surface area contributed by atoms with Crippen LogP contribution in [0.4, 0.5) is 0 Å². The van der Waals surface area contributed by atoms with Crippen molar-refractivity contribution in [3.63, 3.8) is 0 Å². The van der Waals surface area contributed by atoms with Crippen LogP contribution in [0.5, 0.6) is 11.5 Å². The van der Waals surface area contributed by atoms with Crippen molar-refractivity contribution < 1.29 is 24.2 Å². The maximum atomic E-state index is 12.1. The number of hydrogen-bond acceptors (Lipinski definition) is 4. The van der Waals surface area contributed by atoms with Crippen molar-refractivity contribution in [1.82, 2.24) is 5.32 Å². The van der Waals surface area contributed by atoms with Gasteiger partial charge in [0.2, 0.25) is 0 Å². The second-order valence-corrected chi connectivity index (χ2v) is 4.83. The summed E-state index contributed by atoms with van der Waals surface area (Å²) in [7, 11) is 1.51. The van der Waals surface area contributed by atoms with Crippen LogP contribution in [-0.4, -0.2) is 36.7 Å².